The molecule has 0 amide bonds. The summed E-state index contributed by atoms with van der Waals surface area (Å²) in [6, 6.07) is 3.24. The minimum absolute atomic E-state index is 0.00607. The van der Waals surface area contributed by atoms with Crippen molar-refractivity contribution in [1.82, 2.24) is 0 Å². The molecule has 1 nitrogen and oxygen atoms in total. The van der Waals surface area contributed by atoms with Gasteiger partial charge in [0, 0.05) is 5.56 Å². The van der Waals surface area contributed by atoms with Crippen molar-refractivity contribution in [1.29, 1.82) is 0 Å². The number of allylic oxidation sites excluding steroid dienone is 3. The topological polar surface area (TPSA) is 9.23 Å². The molecule has 172 valence electrons. The number of halogens is 2. The molecule has 0 bridgehead atoms. The highest BCUT2D eigenvalue weighted by Crippen LogP contribution is 2.43. The van der Waals surface area contributed by atoms with Crippen molar-refractivity contribution in [2.24, 2.45) is 17.8 Å². The molecular formula is C28H40F2O. The highest BCUT2D eigenvalue weighted by molar-refractivity contribution is 5.67. The van der Waals surface area contributed by atoms with Gasteiger partial charge in [-0.1, -0.05) is 50.7 Å². The van der Waals surface area contributed by atoms with E-state index in [1.807, 2.05) is 6.08 Å². The molecule has 0 aliphatic heterocycles. The smallest absolute Gasteiger partial charge is 0.201 e. The molecule has 31 heavy (non-hydrogen) atoms. The molecule has 1 fully saturated rings. The minimum atomic E-state index is -0.860. The highest BCUT2D eigenvalue weighted by atomic mass is 19.2. The van der Waals surface area contributed by atoms with Gasteiger partial charge in [-0.15, -0.1) is 6.58 Å². The first-order valence-electron chi connectivity index (χ1n) is 12.5. The Morgan fingerprint density at radius 2 is 1.74 bits per heavy atom. The van der Waals surface area contributed by atoms with E-state index in [-0.39, 0.29) is 5.75 Å². The maximum atomic E-state index is 14.6. The summed E-state index contributed by atoms with van der Waals surface area (Å²) >= 11 is 0. The number of unbranched alkanes of at least 4 members (excludes halogenated alkanes) is 4. The van der Waals surface area contributed by atoms with E-state index in [9.17, 15) is 8.78 Å². The van der Waals surface area contributed by atoms with Gasteiger partial charge in [-0.25, -0.2) is 4.39 Å². The molecule has 0 radical (unpaired) electrons. The van der Waals surface area contributed by atoms with E-state index < -0.39 is 11.6 Å². The van der Waals surface area contributed by atoms with Crippen molar-refractivity contribution in [2.45, 2.75) is 90.4 Å². The van der Waals surface area contributed by atoms with Gasteiger partial charge in [0.15, 0.2) is 11.6 Å². The second kappa shape index (κ2) is 12.4. The van der Waals surface area contributed by atoms with Crippen molar-refractivity contribution < 1.29 is 13.5 Å². The summed E-state index contributed by atoms with van der Waals surface area (Å²) < 4.78 is 34.0. The molecule has 1 atom stereocenters. The lowest BCUT2D eigenvalue weighted by atomic mass is 9.70. The molecule has 2 aliphatic rings. The largest absolute Gasteiger partial charge is 0.491 e. The average molecular weight is 431 g/mol. The Kier molecular flexibility index (Phi) is 9.61. The van der Waals surface area contributed by atoms with Gasteiger partial charge in [-0.05, 0) is 87.3 Å². The standard InChI is InChI=1S/C28H40F2O/c1-3-5-6-7-8-9-10-21-11-13-22(14-12-21)23-15-17-24(18-16-23)25-19-20-26(31-4-2)28(30)27(25)29/h3,17,19-23H,1,4-16,18H2,2H3. The first kappa shape index (κ1) is 24.0. The van der Waals surface area contributed by atoms with Crippen LogP contribution in [0.1, 0.15) is 96.0 Å². The van der Waals surface area contributed by atoms with Gasteiger partial charge in [0.2, 0.25) is 5.82 Å². The molecule has 3 rings (SSSR count). The first-order valence-corrected chi connectivity index (χ1v) is 12.5. The summed E-state index contributed by atoms with van der Waals surface area (Å²) in [7, 11) is 0. The van der Waals surface area contributed by atoms with Gasteiger partial charge < -0.3 is 4.74 Å². The summed E-state index contributed by atoms with van der Waals surface area (Å²) in [6.07, 6.45) is 20.5. The number of benzene rings is 1. The van der Waals surface area contributed by atoms with Crippen molar-refractivity contribution in [3.8, 4) is 5.75 Å². The summed E-state index contributed by atoms with van der Waals surface area (Å²) in [5.74, 6) is 0.822. The predicted molar refractivity (Wildman–Crippen MR) is 126 cm³/mol. The van der Waals surface area contributed by atoms with Gasteiger partial charge in [-0.2, -0.15) is 4.39 Å². The van der Waals surface area contributed by atoms with Crippen molar-refractivity contribution in [3.63, 3.8) is 0 Å². The molecule has 0 aromatic heterocycles. The maximum absolute atomic E-state index is 14.6. The van der Waals surface area contributed by atoms with E-state index in [0.29, 0.717) is 18.1 Å². The third-order valence-corrected chi connectivity index (χ3v) is 7.47. The zero-order valence-electron chi connectivity index (χ0n) is 19.3. The molecule has 1 saturated carbocycles. The predicted octanol–water partition coefficient (Wildman–Crippen LogP) is 8.88. The Labute approximate surface area is 188 Å². The monoisotopic (exact) mass is 430 g/mol. The Morgan fingerprint density at radius 3 is 2.42 bits per heavy atom. The average Bonchev–Trinajstić information content (AvgIpc) is 2.80. The minimum Gasteiger partial charge on any atom is -0.491 e. The summed E-state index contributed by atoms with van der Waals surface area (Å²) in [5, 5.41) is 0. The van der Waals surface area contributed by atoms with E-state index in [1.54, 1.807) is 19.1 Å². The lowest BCUT2D eigenvalue weighted by Gasteiger charge is -2.35. The lowest BCUT2D eigenvalue weighted by molar-refractivity contribution is 0.187. The van der Waals surface area contributed by atoms with Crippen molar-refractivity contribution in [2.75, 3.05) is 6.61 Å². The molecule has 1 unspecified atom stereocenters. The van der Waals surface area contributed by atoms with Crippen LogP contribution in [0.25, 0.3) is 5.57 Å². The van der Waals surface area contributed by atoms with Gasteiger partial charge in [0.05, 0.1) is 6.61 Å². The van der Waals surface area contributed by atoms with Crippen molar-refractivity contribution in [3.05, 3.63) is 48.1 Å². The molecule has 2 aliphatic carbocycles. The summed E-state index contributed by atoms with van der Waals surface area (Å²) in [5.41, 5.74) is 1.37. The van der Waals surface area contributed by atoms with Gasteiger partial charge in [-0.3, -0.25) is 0 Å². The van der Waals surface area contributed by atoms with E-state index in [4.69, 9.17) is 4.74 Å². The van der Waals surface area contributed by atoms with Crippen LogP contribution in [0.3, 0.4) is 0 Å². The maximum Gasteiger partial charge on any atom is 0.201 e. The van der Waals surface area contributed by atoms with E-state index >= 15 is 0 Å². The molecule has 1 aromatic carbocycles. The van der Waals surface area contributed by atoms with Crippen LogP contribution in [0, 0.1) is 29.4 Å². The quantitative estimate of drug-likeness (QED) is 0.251. The molecule has 0 saturated heterocycles. The fraction of sp³-hybridized carbons (Fsp3) is 0.643. The Morgan fingerprint density at radius 1 is 0.968 bits per heavy atom. The molecule has 1 aromatic rings. The fourth-order valence-corrected chi connectivity index (χ4v) is 5.60. The van der Waals surface area contributed by atoms with Crippen molar-refractivity contribution >= 4 is 5.57 Å². The summed E-state index contributed by atoms with van der Waals surface area (Å²) in [6.45, 7) is 5.90. The van der Waals surface area contributed by atoms with Crippen LogP contribution in [0.15, 0.2) is 30.9 Å². The zero-order chi connectivity index (χ0) is 22.1. The lowest BCUT2D eigenvalue weighted by Crippen LogP contribution is -2.23. The third kappa shape index (κ3) is 6.67. The second-order valence-corrected chi connectivity index (χ2v) is 9.50. The Bertz CT molecular complexity index is 731. The third-order valence-electron chi connectivity index (χ3n) is 7.47. The first-order chi connectivity index (χ1) is 15.1. The zero-order valence-corrected chi connectivity index (χ0v) is 19.3. The van der Waals surface area contributed by atoms with Crippen LogP contribution < -0.4 is 4.74 Å². The van der Waals surface area contributed by atoms with Crippen LogP contribution >= 0.6 is 0 Å². The van der Waals surface area contributed by atoms with Crippen LogP contribution in [0.4, 0.5) is 8.78 Å². The SMILES string of the molecule is C=CCCCCCCC1CCC(C2CC=C(c3ccc(OCC)c(F)c3F)CC2)CC1. The molecule has 3 heteroatoms. The van der Waals surface area contributed by atoms with Crippen LogP contribution in [-0.4, -0.2) is 6.61 Å². The molecule has 0 N–H and O–H groups in total. The van der Waals surface area contributed by atoms with Gasteiger partial charge in [0.1, 0.15) is 0 Å². The number of hydrogen-bond donors (Lipinski definition) is 0. The van der Waals surface area contributed by atoms with E-state index in [0.717, 1.165) is 43.1 Å². The number of hydrogen-bond acceptors (Lipinski definition) is 1. The molecule has 0 spiro atoms. The Balaban J connectivity index is 1.44. The van der Waals surface area contributed by atoms with Crippen LogP contribution in [-0.2, 0) is 0 Å². The normalized spacial score (nSPS) is 24.0. The summed E-state index contributed by atoms with van der Waals surface area (Å²) in [4.78, 5) is 0. The van der Waals surface area contributed by atoms with E-state index in [2.05, 4.69) is 12.7 Å². The number of ether oxygens (including phenoxy) is 1. The van der Waals surface area contributed by atoms with Crippen LogP contribution in [0.5, 0.6) is 5.75 Å². The van der Waals surface area contributed by atoms with Crippen LogP contribution in [0.2, 0.25) is 0 Å². The molecular weight excluding hydrogens is 390 g/mol. The second-order valence-electron chi connectivity index (χ2n) is 9.50. The highest BCUT2D eigenvalue weighted by Gasteiger charge is 2.29. The number of rotatable bonds is 11. The van der Waals surface area contributed by atoms with E-state index in [1.165, 1.54) is 57.8 Å². The Hall–Kier alpha value is -1.64. The molecule has 0 heterocycles. The fourth-order valence-electron chi connectivity index (χ4n) is 5.60. The van der Waals surface area contributed by atoms with Gasteiger partial charge >= 0.3 is 0 Å². The van der Waals surface area contributed by atoms with Gasteiger partial charge in [0.25, 0.3) is 0 Å².